The van der Waals surface area contributed by atoms with Crippen molar-refractivity contribution in [2.24, 2.45) is 5.92 Å². The lowest BCUT2D eigenvalue weighted by Gasteiger charge is -1.94. The summed E-state index contributed by atoms with van der Waals surface area (Å²) in [7, 11) is 0. The zero-order valence-corrected chi connectivity index (χ0v) is 7.67. The van der Waals surface area contributed by atoms with E-state index in [9.17, 15) is 9.59 Å². The molecule has 0 N–H and O–H groups in total. The third-order valence-electron chi connectivity index (χ3n) is 1.14. The molecule has 66 valence electrons. The molecule has 0 bridgehead atoms. The molecule has 0 aliphatic heterocycles. The first-order chi connectivity index (χ1) is 5.22. The van der Waals surface area contributed by atoms with Crippen molar-refractivity contribution in [3.05, 3.63) is 0 Å². The predicted octanol–water partition coefficient (Wildman–Crippen LogP) is 2.22. The van der Waals surface area contributed by atoms with Crippen LogP contribution in [0.15, 0.2) is 0 Å². The van der Waals surface area contributed by atoms with Crippen LogP contribution in [0, 0.1) is 5.92 Å². The molecule has 0 radical (unpaired) electrons. The predicted molar refractivity (Wildman–Crippen MR) is 46.5 cm³/mol. The van der Waals surface area contributed by atoms with Gasteiger partial charge < -0.3 is 9.59 Å². The fourth-order valence-electron chi connectivity index (χ4n) is 0.523. The molecule has 0 aromatic carbocycles. The summed E-state index contributed by atoms with van der Waals surface area (Å²) in [6.45, 7) is 5.84. The van der Waals surface area contributed by atoms with Crippen molar-refractivity contribution in [2.45, 2.75) is 40.0 Å². The highest BCUT2D eigenvalue weighted by molar-refractivity contribution is 5.52. The number of hydrogen-bond donors (Lipinski definition) is 0. The fraction of sp³-hybridized carbons (Fsp3) is 0.778. The lowest BCUT2D eigenvalue weighted by molar-refractivity contribution is -0.110. The van der Waals surface area contributed by atoms with E-state index < -0.39 is 0 Å². The maximum absolute atomic E-state index is 9.89. The van der Waals surface area contributed by atoms with Gasteiger partial charge in [-0.05, 0) is 6.42 Å². The SMILES string of the molecule is CCC=O.CCCC(C)C=O. The molecule has 1 atom stereocenters. The maximum Gasteiger partial charge on any atom is 0.122 e. The molecular weight excluding hydrogens is 140 g/mol. The average Bonchev–Trinajstić information content (AvgIpc) is 2.05. The van der Waals surface area contributed by atoms with Crippen molar-refractivity contribution < 1.29 is 9.59 Å². The summed E-state index contributed by atoms with van der Waals surface area (Å²) in [6, 6.07) is 0. The first kappa shape index (κ1) is 13.0. The number of rotatable bonds is 4. The van der Waals surface area contributed by atoms with Gasteiger partial charge in [0.2, 0.25) is 0 Å². The van der Waals surface area contributed by atoms with Gasteiger partial charge in [0.05, 0.1) is 0 Å². The molecule has 0 aliphatic rings. The summed E-state index contributed by atoms with van der Waals surface area (Å²) >= 11 is 0. The Morgan fingerprint density at radius 3 is 1.82 bits per heavy atom. The van der Waals surface area contributed by atoms with E-state index in [4.69, 9.17) is 0 Å². The highest BCUT2D eigenvalue weighted by atomic mass is 16.1. The Kier molecular flexibility index (Phi) is 14.2. The molecule has 1 unspecified atom stereocenters. The van der Waals surface area contributed by atoms with Crippen LogP contribution in [0.25, 0.3) is 0 Å². The van der Waals surface area contributed by atoms with Crippen LogP contribution in [0.1, 0.15) is 40.0 Å². The van der Waals surface area contributed by atoms with E-state index in [1.807, 2.05) is 13.8 Å². The monoisotopic (exact) mass is 158 g/mol. The second-order valence-corrected chi connectivity index (χ2v) is 2.48. The van der Waals surface area contributed by atoms with Crippen molar-refractivity contribution >= 4 is 12.6 Å². The van der Waals surface area contributed by atoms with E-state index in [2.05, 4.69) is 6.92 Å². The first-order valence-electron chi connectivity index (χ1n) is 4.11. The van der Waals surface area contributed by atoms with Gasteiger partial charge in [0.1, 0.15) is 12.6 Å². The van der Waals surface area contributed by atoms with Gasteiger partial charge in [0, 0.05) is 12.3 Å². The van der Waals surface area contributed by atoms with Crippen LogP contribution in [0.3, 0.4) is 0 Å². The van der Waals surface area contributed by atoms with Gasteiger partial charge >= 0.3 is 0 Å². The van der Waals surface area contributed by atoms with Gasteiger partial charge in [0.25, 0.3) is 0 Å². The summed E-state index contributed by atoms with van der Waals surface area (Å²) in [5.74, 6) is 0.269. The molecule has 0 amide bonds. The molecule has 11 heavy (non-hydrogen) atoms. The van der Waals surface area contributed by atoms with E-state index in [1.165, 1.54) is 0 Å². The number of hydrogen-bond acceptors (Lipinski definition) is 2. The molecule has 0 aliphatic carbocycles. The van der Waals surface area contributed by atoms with Crippen molar-refractivity contribution in [1.29, 1.82) is 0 Å². The third kappa shape index (κ3) is 17.6. The molecule has 0 spiro atoms. The van der Waals surface area contributed by atoms with Gasteiger partial charge in [-0.3, -0.25) is 0 Å². The third-order valence-corrected chi connectivity index (χ3v) is 1.14. The molecule has 0 fully saturated rings. The summed E-state index contributed by atoms with van der Waals surface area (Å²) in [5, 5.41) is 0. The second kappa shape index (κ2) is 12.1. The molecule has 2 nitrogen and oxygen atoms in total. The number of carbonyl (C=O) groups excluding carboxylic acids is 2. The van der Waals surface area contributed by atoms with Crippen LogP contribution in [0.5, 0.6) is 0 Å². The normalized spacial score (nSPS) is 10.8. The Labute approximate surface area is 69.0 Å². The van der Waals surface area contributed by atoms with E-state index >= 15 is 0 Å². The summed E-state index contributed by atoms with van der Waals surface area (Å²) in [4.78, 5) is 19.1. The molecule has 0 rings (SSSR count). The highest BCUT2D eigenvalue weighted by Crippen LogP contribution is 1.98. The largest absolute Gasteiger partial charge is 0.303 e. The van der Waals surface area contributed by atoms with Crippen LogP contribution in [-0.2, 0) is 9.59 Å². The first-order valence-corrected chi connectivity index (χ1v) is 4.11. The zero-order chi connectivity index (χ0) is 9.11. The van der Waals surface area contributed by atoms with E-state index in [0.717, 1.165) is 25.4 Å². The maximum atomic E-state index is 9.89. The molecule has 0 saturated carbocycles. The molecule has 0 aromatic heterocycles. The van der Waals surface area contributed by atoms with Crippen LogP contribution >= 0.6 is 0 Å². The van der Waals surface area contributed by atoms with Gasteiger partial charge in [-0.25, -0.2) is 0 Å². The Morgan fingerprint density at radius 2 is 1.73 bits per heavy atom. The molecule has 0 aromatic rings. The van der Waals surface area contributed by atoms with Crippen molar-refractivity contribution in [3.63, 3.8) is 0 Å². The quantitative estimate of drug-likeness (QED) is 0.588. The second-order valence-electron chi connectivity index (χ2n) is 2.48. The van der Waals surface area contributed by atoms with Gasteiger partial charge in [-0.15, -0.1) is 0 Å². The Hall–Kier alpha value is -0.660. The van der Waals surface area contributed by atoms with Crippen LogP contribution in [-0.4, -0.2) is 12.6 Å². The summed E-state index contributed by atoms with van der Waals surface area (Å²) in [6.07, 6.45) is 4.66. The molecule has 0 saturated heterocycles. The number of carbonyl (C=O) groups is 2. The average molecular weight is 158 g/mol. The van der Waals surface area contributed by atoms with Gasteiger partial charge in [-0.1, -0.05) is 27.2 Å². The van der Waals surface area contributed by atoms with Crippen molar-refractivity contribution in [2.75, 3.05) is 0 Å². The Bertz CT molecular complexity index is 89.6. The summed E-state index contributed by atoms with van der Waals surface area (Å²) < 4.78 is 0. The minimum atomic E-state index is 0.269. The van der Waals surface area contributed by atoms with Gasteiger partial charge in [0.15, 0.2) is 0 Å². The van der Waals surface area contributed by atoms with E-state index in [1.54, 1.807) is 0 Å². The number of aldehydes is 2. The van der Waals surface area contributed by atoms with Crippen LogP contribution in [0.2, 0.25) is 0 Å². The lowest BCUT2D eigenvalue weighted by atomic mass is 10.1. The minimum absolute atomic E-state index is 0.269. The fourth-order valence-corrected chi connectivity index (χ4v) is 0.523. The topological polar surface area (TPSA) is 34.1 Å². The highest BCUT2D eigenvalue weighted by Gasteiger charge is 1.93. The summed E-state index contributed by atoms with van der Waals surface area (Å²) in [5.41, 5.74) is 0. The van der Waals surface area contributed by atoms with E-state index in [-0.39, 0.29) is 5.92 Å². The molecule has 2 heteroatoms. The Balaban J connectivity index is 0. The minimum Gasteiger partial charge on any atom is -0.303 e. The molecular formula is C9H18O2. The standard InChI is InChI=1S/C6H12O.C3H6O/c1-3-4-6(2)5-7;1-2-3-4/h5-6H,3-4H2,1-2H3;3H,2H2,1H3. The zero-order valence-electron chi connectivity index (χ0n) is 7.67. The smallest absolute Gasteiger partial charge is 0.122 e. The molecule has 0 heterocycles. The van der Waals surface area contributed by atoms with Crippen molar-refractivity contribution in [1.82, 2.24) is 0 Å². The van der Waals surface area contributed by atoms with E-state index in [0.29, 0.717) is 6.42 Å². The van der Waals surface area contributed by atoms with Crippen LogP contribution < -0.4 is 0 Å². The van der Waals surface area contributed by atoms with Gasteiger partial charge in [-0.2, -0.15) is 0 Å². The Morgan fingerprint density at radius 1 is 1.27 bits per heavy atom. The van der Waals surface area contributed by atoms with Crippen LogP contribution in [0.4, 0.5) is 0 Å². The lowest BCUT2D eigenvalue weighted by Crippen LogP contribution is -1.92. The van der Waals surface area contributed by atoms with Crippen molar-refractivity contribution in [3.8, 4) is 0 Å².